The molecule has 23 heavy (non-hydrogen) atoms. The van der Waals surface area contributed by atoms with E-state index in [2.05, 4.69) is 90.2 Å². The minimum Gasteiger partial charge on any atom is -0.417 e. The van der Waals surface area contributed by atoms with Gasteiger partial charge in [0.2, 0.25) is 10.5 Å². The summed E-state index contributed by atoms with van der Waals surface area (Å²) in [6, 6.07) is 29.6. The summed E-state index contributed by atoms with van der Waals surface area (Å²) in [5.41, 5.74) is 4.60. The van der Waals surface area contributed by atoms with Gasteiger partial charge in [-0.15, -0.1) is 0 Å². The van der Waals surface area contributed by atoms with E-state index >= 15 is 0 Å². The van der Waals surface area contributed by atoms with Crippen molar-refractivity contribution >= 4 is 10.5 Å². The molecule has 1 nitrogen and oxygen atoms in total. The fraction of sp³-hybridized carbons (Fsp3) is 0.143. The van der Waals surface area contributed by atoms with Crippen molar-refractivity contribution in [2.24, 2.45) is 0 Å². The Kier molecular flexibility index (Phi) is 4.75. The van der Waals surface area contributed by atoms with Gasteiger partial charge in [0, 0.05) is 0 Å². The number of aryl methyl sites for hydroxylation is 1. The molecule has 0 aliphatic carbocycles. The third-order valence-corrected chi connectivity index (χ3v) is 4.57. The van der Waals surface area contributed by atoms with Gasteiger partial charge >= 0.3 is 0 Å². The van der Waals surface area contributed by atoms with Crippen molar-refractivity contribution in [3.63, 3.8) is 0 Å². The molecule has 0 unspecified atom stereocenters. The Morgan fingerprint density at radius 3 is 1.70 bits per heavy atom. The number of benzene rings is 3. The summed E-state index contributed by atoms with van der Waals surface area (Å²) in [6.45, 7) is 2.67. The molecule has 0 aliphatic heterocycles. The number of rotatable bonds is 5. The van der Waals surface area contributed by atoms with Crippen LogP contribution in [0.5, 0.6) is 0 Å². The highest BCUT2D eigenvalue weighted by atomic mass is 28.2. The molecule has 0 saturated heterocycles. The van der Waals surface area contributed by atoms with E-state index in [0.717, 1.165) is 0 Å². The molecule has 0 saturated carbocycles. The van der Waals surface area contributed by atoms with Gasteiger partial charge in [0.1, 0.15) is 0 Å². The van der Waals surface area contributed by atoms with E-state index in [0.29, 0.717) is 6.61 Å². The molecule has 0 aromatic heterocycles. The van der Waals surface area contributed by atoms with Gasteiger partial charge in [-0.25, -0.2) is 0 Å². The summed E-state index contributed by atoms with van der Waals surface area (Å²) >= 11 is 0. The van der Waals surface area contributed by atoms with Crippen LogP contribution >= 0.6 is 0 Å². The Bertz CT molecular complexity index is 714. The molecule has 2 heteroatoms. The summed E-state index contributed by atoms with van der Waals surface area (Å²) < 4.78 is 5.53. The Morgan fingerprint density at radius 2 is 1.22 bits per heavy atom. The minimum absolute atomic E-state index is 0.352. The smallest absolute Gasteiger partial charge is 0.246 e. The first kappa shape index (κ1) is 15.7. The molecule has 3 radical (unpaired) electrons. The van der Waals surface area contributed by atoms with Gasteiger partial charge < -0.3 is 4.43 Å². The van der Waals surface area contributed by atoms with E-state index in [-0.39, 0.29) is 5.41 Å². The van der Waals surface area contributed by atoms with E-state index in [9.17, 15) is 0 Å². The summed E-state index contributed by atoms with van der Waals surface area (Å²) in [5.74, 6) is 0. The molecule has 3 aromatic rings. The van der Waals surface area contributed by atoms with Crippen molar-refractivity contribution < 1.29 is 4.43 Å². The van der Waals surface area contributed by atoms with Gasteiger partial charge in [-0.1, -0.05) is 84.9 Å². The van der Waals surface area contributed by atoms with Crippen molar-refractivity contribution in [2.75, 3.05) is 6.61 Å². The van der Waals surface area contributed by atoms with Crippen LogP contribution < -0.4 is 0 Å². The molecule has 0 fully saturated rings. The Labute approximate surface area is 141 Å². The highest BCUT2D eigenvalue weighted by molar-refractivity contribution is 5.98. The fourth-order valence-corrected chi connectivity index (χ4v) is 3.54. The van der Waals surface area contributed by atoms with Crippen LogP contribution in [0.3, 0.4) is 0 Å². The molecule has 0 aliphatic rings. The lowest BCUT2D eigenvalue weighted by molar-refractivity contribution is 0.288. The van der Waals surface area contributed by atoms with Gasteiger partial charge in [0.05, 0.1) is 12.0 Å². The van der Waals surface area contributed by atoms with E-state index < -0.39 is 0 Å². The molecule has 113 valence electrons. The lowest BCUT2D eigenvalue weighted by Crippen LogP contribution is -2.35. The lowest BCUT2D eigenvalue weighted by atomic mass is 9.69. The van der Waals surface area contributed by atoms with E-state index in [1.165, 1.54) is 22.3 Å². The summed E-state index contributed by atoms with van der Waals surface area (Å²) in [5, 5.41) is 0. The van der Waals surface area contributed by atoms with Crippen LogP contribution in [0.1, 0.15) is 22.3 Å². The molecule has 0 heterocycles. The SMILES string of the molecule is Cc1ccccc1C(CO[Si])(c1ccccc1)c1ccccc1. The normalized spacial score (nSPS) is 11.4. The molecule has 3 aromatic carbocycles. The van der Waals surface area contributed by atoms with Crippen LogP contribution in [0, 0.1) is 6.92 Å². The summed E-state index contributed by atoms with van der Waals surface area (Å²) in [7, 11) is 3.25. The van der Waals surface area contributed by atoms with E-state index in [1.807, 2.05) is 12.1 Å². The summed E-state index contributed by atoms with van der Waals surface area (Å²) in [6.07, 6.45) is 0. The number of hydrogen-bond donors (Lipinski definition) is 0. The van der Waals surface area contributed by atoms with E-state index in [4.69, 9.17) is 4.43 Å². The summed E-state index contributed by atoms with van der Waals surface area (Å²) in [4.78, 5) is 0. The van der Waals surface area contributed by atoms with Crippen molar-refractivity contribution in [1.29, 1.82) is 0 Å². The van der Waals surface area contributed by atoms with Crippen molar-refractivity contribution in [3.05, 3.63) is 107 Å². The lowest BCUT2D eigenvalue weighted by Gasteiger charge is -2.36. The van der Waals surface area contributed by atoms with Crippen LogP contribution in [-0.2, 0) is 9.84 Å². The highest BCUT2D eigenvalue weighted by Crippen LogP contribution is 2.40. The fourth-order valence-electron chi connectivity index (χ4n) is 3.33. The maximum Gasteiger partial charge on any atom is 0.246 e. The standard InChI is InChI=1S/C21H19OSi/c1-17-10-8-9-15-20(17)21(16-22-23,18-11-4-2-5-12-18)19-13-6-3-7-14-19/h2-15H,16H2,1H3. The minimum atomic E-state index is -0.352. The zero-order valence-electron chi connectivity index (χ0n) is 13.2. The van der Waals surface area contributed by atoms with Crippen LogP contribution in [0.15, 0.2) is 84.9 Å². The molecular formula is C21H19OSi. The average Bonchev–Trinajstić information content (AvgIpc) is 2.62. The van der Waals surface area contributed by atoms with Crippen molar-refractivity contribution in [3.8, 4) is 0 Å². The van der Waals surface area contributed by atoms with Crippen LogP contribution in [-0.4, -0.2) is 17.1 Å². The van der Waals surface area contributed by atoms with E-state index in [1.54, 1.807) is 0 Å². The monoisotopic (exact) mass is 315 g/mol. The molecule has 0 bridgehead atoms. The van der Waals surface area contributed by atoms with Crippen LogP contribution in [0.4, 0.5) is 0 Å². The quantitative estimate of drug-likeness (QED) is 0.500. The second kappa shape index (κ2) is 6.94. The topological polar surface area (TPSA) is 9.23 Å². The second-order valence-corrected chi connectivity index (χ2v) is 6.03. The van der Waals surface area contributed by atoms with Gasteiger partial charge in [0.25, 0.3) is 0 Å². The largest absolute Gasteiger partial charge is 0.417 e. The average molecular weight is 315 g/mol. The van der Waals surface area contributed by atoms with Crippen LogP contribution in [0.2, 0.25) is 0 Å². The van der Waals surface area contributed by atoms with Crippen molar-refractivity contribution in [1.82, 2.24) is 0 Å². The Balaban J connectivity index is 2.34. The third-order valence-electron chi connectivity index (χ3n) is 4.43. The van der Waals surface area contributed by atoms with Gasteiger partial charge in [-0.3, -0.25) is 0 Å². The zero-order chi connectivity index (χ0) is 16.1. The molecule has 0 atom stereocenters. The highest BCUT2D eigenvalue weighted by Gasteiger charge is 2.37. The third kappa shape index (κ3) is 2.88. The van der Waals surface area contributed by atoms with Gasteiger partial charge in [0.15, 0.2) is 0 Å². The van der Waals surface area contributed by atoms with Gasteiger partial charge in [-0.2, -0.15) is 0 Å². The number of hydrogen-bond acceptors (Lipinski definition) is 1. The maximum atomic E-state index is 5.53. The maximum absolute atomic E-state index is 5.53. The van der Waals surface area contributed by atoms with Crippen LogP contribution in [0.25, 0.3) is 0 Å². The molecule has 0 amide bonds. The first-order valence-corrected chi connectivity index (χ1v) is 8.15. The predicted molar refractivity (Wildman–Crippen MR) is 95.7 cm³/mol. The Morgan fingerprint density at radius 1 is 0.739 bits per heavy atom. The Hall–Kier alpha value is -2.16. The molecular weight excluding hydrogens is 296 g/mol. The molecule has 0 N–H and O–H groups in total. The first-order valence-electron chi connectivity index (χ1n) is 7.75. The van der Waals surface area contributed by atoms with Crippen molar-refractivity contribution in [2.45, 2.75) is 12.3 Å². The first-order chi connectivity index (χ1) is 11.3. The molecule has 0 spiro atoms. The zero-order valence-corrected chi connectivity index (χ0v) is 14.2. The van der Waals surface area contributed by atoms with Gasteiger partial charge in [-0.05, 0) is 29.2 Å². The predicted octanol–water partition coefficient (Wildman–Crippen LogP) is 4.43. The second-order valence-electron chi connectivity index (χ2n) is 5.74. The molecule has 3 rings (SSSR count).